The van der Waals surface area contributed by atoms with E-state index in [2.05, 4.69) is 6.58 Å². The Balaban J connectivity index is 2.99. The summed E-state index contributed by atoms with van der Waals surface area (Å²) in [5.74, 6) is 0.230. The van der Waals surface area contributed by atoms with Crippen molar-refractivity contribution in [3.8, 4) is 11.5 Å². The molecule has 0 saturated heterocycles. The van der Waals surface area contributed by atoms with Crippen molar-refractivity contribution in [1.29, 1.82) is 0 Å². The Kier molecular flexibility index (Phi) is 2.69. The Labute approximate surface area is 70.2 Å². The van der Waals surface area contributed by atoms with E-state index in [1.165, 1.54) is 25.3 Å². The Bertz CT molecular complexity index is 284. The summed E-state index contributed by atoms with van der Waals surface area (Å²) in [5.41, 5.74) is 0. The normalized spacial score (nSPS) is 9.17. The molecule has 0 heterocycles. The molecule has 0 amide bonds. The van der Waals surface area contributed by atoms with E-state index >= 15 is 0 Å². The first-order valence-corrected chi connectivity index (χ1v) is 3.39. The van der Waals surface area contributed by atoms with Crippen LogP contribution < -0.4 is 9.47 Å². The summed E-state index contributed by atoms with van der Waals surface area (Å²) >= 11 is 0. The molecule has 0 aliphatic carbocycles. The molecule has 0 spiro atoms. The van der Waals surface area contributed by atoms with Gasteiger partial charge in [0.05, 0.1) is 13.4 Å². The van der Waals surface area contributed by atoms with E-state index in [1.54, 1.807) is 0 Å². The molecule has 1 rings (SSSR count). The zero-order valence-electron chi connectivity index (χ0n) is 6.71. The van der Waals surface area contributed by atoms with Crippen molar-refractivity contribution < 1.29 is 13.9 Å². The lowest BCUT2D eigenvalue weighted by molar-refractivity contribution is 0.400. The smallest absolute Gasteiger partial charge is 0.165 e. The van der Waals surface area contributed by atoms with Gasteiger partial charge in [0.15, 0.2) is 11.6 Å². The topological polar surface area (TPSA) is 18.5 Å². The largest absolute Gasteiger partial charge is 0.497 e. The van der Waals surface area contributed by atoms with Crippen molar-refractivity contribution in [2.24, 2.45) is 0 Å². The monoisotopic (exact) mass is 168 g/mol. The third kappa shape index (κ3) is 1.75. The highest BCUT2D eigenvalue weighted by atomic mass is 19.1. The van der Waals surface area contributed by atoms with Gasteiger partial charge in [-0.3, -0.25) is 0 Å². The highest BCUT2D eigenvalue weighted by Gasteiger charge is 2.02. The fourth-order valence-electron chi connectivity index (χ4n) is 0.791. The maximum Gasteiger partial charge on any atom is 0.165 e. The van der Waals surface area contributed by atoms with Gasteiger partial charge in [0.1, 0.15) is 5.75 Å². The predicted molar refractivity (Wildman–Crippen MR) is 43.8 cm³/mol. The molecular weight excluding hydrogens is 159 g/mol. The molecule has 2 nitrogen and oxygen atoms in total. The zero-order valence-corrected chi connectivity index (χ0v) is 6.71. The van der Waals surface area contributed by atoms with Crippen molar-refractivity contribution >= 4 is 0 Å². The van der Waals surface area contributed by atoms with Gasteiger partial charge < -0.3 is 9.47 Å². The van der Waals surface area contributed by atoms with Crippen molar-refractivity contribution in [2.45, 2.75) is 0 Å². The molecule has 1 aromatic rings. The van der Waals surface area contributed by atoms with Crippen LogP contribution in [0.5, 0.6) is 11.5 Å². The Morgan fingerprint density at radius 3 is 2.83 bits per heavy atom. The minimum atomic E-state index is -0.435. The molecule has 0 fully saturated rings. The molecule has 0 radical (unpaired) electrons. The average molecular weight is 168 g/mol. The Hall–Kier alpha value is -1.51. The van der Waals surface area contributed by atoms with Gasteiger partial charge in [-0.1, -0.05) is 6.58 Å². The van der Waals surface area contributed by atoms with Crippen LogP contribution in [0, 0.1) is 5.82 Å². The van der Waals surface area contributed by atoms with Gasteiger partial charge >= 0.3 is 0 Å². The zero-order chi connectivity index (χ0) is 8.97. The second-order valence-corrected chi connectivity index (χ2v) is 2.08. The van der Waals surface area contributed by atoms with Gasteiger partial charge in [-0.15, -0.1) is 0 Å². The number of halogens is 1. The van der Waals surface area contributed by atoms with Crippen molar-refractivity contribution in [1.82, 2.24) is 0 Å². The van der Waals surface area contributed by atoms with Crippen LogP contribution in [0.3, 0.4) is 0 Å². The van der Waals surface area contributed by atoms with Gasteiger partial charge in [-0.2, -0.15) is 0 Å². The van der Waals surface area contributed by atoms with Crippen molar-refractivity contribution in [3.05, 3.63) is 36.9 Å². The maximum atomic E-state index is 12.9. The van der Waals surface area contributed by atoms with E-state index in [9.17, 15) is 4.39 Å². The van der Waals surface area contributed by atoms with Crippen LogP contribution in [-0.2, 0) is 0 Å². The number of rotatable bonds is 3. The summed E-state index contributed by atoms with van der Waals surface area (Å²) < 4.78 is 22.5. The number of hydrogen-bond donors (Lipinski definition) is 0. The molecule has 0 atom stereocenters. The molecule has 64 valence electrons. The minimum absolute atomic E-state index is 0.115. The highest BCUT2D eigenvalue weighted by molar-refractivity contribution is 5.34. The standard InChI is InChI=1S/C9H9FO2/c1-3-12-9-6-7(11-2)4-5-8(9)10/h3-6H,1H2,2H3. The molecule has 12 heavy (non-hydrogen) atoms. The lowest BCUT2D eigenvalue weighted by Gasteiger charge is -2.03. The number of hydrogen-bond acceptors (Lipinski definition) is 2. The van der Waals surface area contributed by atoms with Crippen LogP contribution in [0.15, 0.2) is 31.0 Å². The van der Waals surface area contributed by atoms with Gasteiger partial charge in [-0.25, -0.2) is 4.39 Å². The number of ether oxygens (including phenoxy) is 2. The molecular formula is C9H9FO2. The third-order valence-corrected chi connectivity index (χ3v) is 1.35. The van der Waals surface area contributed by atoms with Crippen LogP contribution in [0.4, 0.5) is 4.39 Å². The van der Waals surface area contributed by atoms with E-state index < -0.39 is 5.82 Å². The summed E-state index contributed by atoms with van der Waals surface area (Å²) in [7, 11) is 1.50. The van der Waals surface area contributed by atoms with Gasteiger partial charge in [-0.05, 0) is 12.1 Å². The molecule has 1 aromatic carbocycles. The second kappa shape index (κ2) is 3.76. The van der Waals surface area contributed by atoms with E-state index in [-0.39, 0.29) is 5.75 Å². The van der Waals surface area contributed by atoms with Crippen LogP contribution >= 0.6 is 0 Å². The van der Waals surface area contributed by atoms with Gasteiger partial charge in [0.25, 0.3) is 0 Å². The second-order valence-electron chi connectivity index (χ2n) is 2.08. The van der Waals surface area contributed by atoms with E-state index in [4.69, 9.17) is 9.47 Å². The van der Waals surface area contributed by atoms with Crippen LogP contribution in [-0.4, -0.2) is 7.11 Å². The molecule has 0 unspecified atom stereocenters. The first kappa shape index (κ1) is 8.59. The van der Waals surface area contributed by atoms with E-state index in [0.29, 0.717) is 5.75 Å². The van der Waals surface area contributed by atoms with E-state index in [1.807, 2.05) is 0 Å². The number of methoxy groups -OCH3 is 1. The van der Waals surface area contributed by atoms with Gasteiger partial charge in [0, 0.05) is 6.07 Å². The fraction of sp³-hybridized carbons (Fsp3) is 0.111. The SMILES string of the molecule is C=COc1cc(OC)ccc1F. The first-order chi connectivity index (χ1) is 5.77. The Morgan fingerprint density at radius 1 is 1.50 bits per heavy atom. The van der Waals surface area contributed by atoms with Crippen LogP contribution in [0.1, 0.15) is 0 Å². The quantitative estimate of drug-likeness (QED) is 0.645. The third-order valence-electron chi connectivity index (χ3n) is 1.35. The maximum absolute atomic E-state index is 12.9. The Morgan fingerprint density at radius 2 is 2.25 bits per heavy atom. The summed E-state index contributed by atoms with van der Waals surface area (Å²) in [6, 6.07) is 4.25. The first-order valence-electron chi connectivity index (χ1n) is 3.39. The molecule has 3 heteroatoms. The molecule has 0 saturated carbocycles. The van der Waals surface area contributed by atoms with Crippen molar-refractivity contribution in [3.63, 3.8) is 0 Å². The minimum Gasteiger partial charge on any atom is -0.497 e. The summed E-state index contributed by atoms with van der Waals surface area (Å²) in [6.45, 7) is 3.32. The van der Waals surface area contributed by atoms with E-state index in [0.717, 1.165) is 6.26 Å². The predicted octanol–water partition coefficient (Wildman–Crippen LogP) is 2.36. The van der Waals surface area contributed by atoms with Crippen LogP contribution in [0.25, 0.3) is 0 Å². The molecule has 0 bridgehead atoms. The molecule has 0 N–H and O–H groups in total. The molecule has 0 aliphatic heterocycles. The van der Waals surface area contributed by atoms with Gasteiger partial charge in [0.2, 0.25) is 0 Å². The van der Waals surface area contributed by atoms with Crippen LogP contribution in [0.2, 0.25) is 0 Å². The highest BCUT2D eigenvalue weighted by Crippen LogP contribution is 2.23. The molecule has 0 aromatic heterocycles. The van der Waals surface area contributed by atoms with Crippen molar-refractivity contribution in [2.75, 3.05) is 7.11 Å². The lowest BCUT2D eigenvalue weighted by atomic mass is 10.3. The summed E-state index contributed by atoms with van der Waals surface area (Å²) in [6.07, 6.45) is 1.16. The summed E-state index contributed by atoms with van der Waals surface area (Å²) in [5, 5.41) is 0. The average Bonchev–Trinajstić information content (AvgIpc) is 2.09. The summed E-state index contributed by atoms with van der Waals surface area (Å²) in [4.78, 5) is 0. The number of benzene rings is 1. The fourth-order valence-corrected chi connectivity index (χ4v) is 0.791. The lowest BCUT2D eigenvalue weighted by Crippen LogP contribution is -1.88. The molecule has 0 aliphatic rings.